The minimum atomic E-state index is -0.602. The zero-order valence-corrected chi connectivity index (χ0v) is 11.3. The van der Waals surface area contributed by atoms with Crippen LogP contribution in [-0.4, -0.2) is 18.2 Å². The first-order chi connectivity index (χ1) is 8.08. The molecule has 0 aliphatic heterocycles. The molecule has 1 saturated carbocycles. The maximum atomic E-state index is 10.0. The lowest BCUT2D eigenvalue weighted by Crippen LogP contribution is -2.24. The Morgan fingerprint density at radius 2 is 2.18 bits per heavy atom. The van der Waals surface area contributed by atoms with E-state index in [0.29, 0.717) is 22.2 Å². The van der Waals surface area contributed by atoms with Crippen molar-refractivity contribution in [3.63, 3.8) is 0 Å². The standard InChI is InChI=1S/C13H17Cl2NO/c1-8-4-9(8)6-16-7-13(17)11-5-10(14)2-3-12(11)15/h2-3,5,8-9,13,16-17H,4,6-7H2,1H3. The van der Waals surface area contributed by atoms with Crippen LogP contribution in [0.5, 0.6) is 0 Å². The highest BCUT2D eigenvalue weighted by Gasteiger charge is 2.31. The largest absolute Gasteiger partial charge is 0.387 e. The number of aliphatic hydroxyl groups excluding tert-OH is 1. The molecule has 2 rings (SSSR count). The molecule has 0 saturated heterocycles. The third-order valence-electron chi connectivity index (χ3n) is 3.34. The third-order valence-corrected chi connectivity index (χ3v) is 3.92. The summed E-state index contributed by atoms with van der Waals surface area (Å²) in [6.45, 7) is 3.73. The van der Waals surface area contributed by atoms with Crippen molar-refractivity contribution in [2.75, 3.05) is 13.1 Å². The summed E-state index contributed by atoms with van der Waals surface area (Å²) in [6.07, 6.45) is 0.691. The highest BCUT2D eigenvalue weighted by molar-refractivity contribution is 6.33. The van der Waals surface area contributed by atoms with Crippen LogP contribution in [0.1, 0.15) is 25.0 Å². The topological polar surface area (TPSA) is 32.3 Å². The molecule has 3 atom stereocenters. The van der Waals surface area contributed by atoms with Gasteiger partial charge in [0.2, 0.25) is 0 Å². The van der Waals surface area contributed by atoms with Crippen molar-refractivity contribution in [3.8, 4) is 0 Å². The van der Waals surface area contributed by atoms with Gasteiger partial charge < -0.3 is 10.4 Å². The maximum absolute atomic E-state index is 10.0. The number of nitrogens with one attached hydrogen (secondary N) is 1. The summed E-state index contributed by atoms with van der Waals surface area (Å²) in [7, 11) is 0. The van der Waals surface area contributed by atoms with Gasteiger partial charge in [-0.15, -0.1) is 0 Å². The second kappa shape index (κ2) is 5.57. The molecular weight excluding hydrogens is 257 g/mol. The van der Waals surface area contributed by atoms with Crippen LogP contribution in [0, 0.1) is 11.8 Å². The summed E-state index contributed by atoms with van der Waals surface area (Å²) in [6, 6.07) is 5.15. The van der Waals surface area contributed by atoms with Crippen LogP contribution in [0.3, 0.4) is 0 Å². The van der Waals surface area contributed by atoms with Crippen LogP contribution in [-0.2, 0) is 0 Å². The first kappa shape index (κ1) is 13.2. The number of benzene rings is 1. The Labute approximate surface area is 112 Å². The van der Waals surface area contributed by atoms with Crippen LogP contribution in [0.15, 0.2) is 18.2 Å². The van der Waals surface area contributed by atoms with Crippen LogP contribution in [0.2, 0.25) is 10.0 Å². The Morgan fingerprint density at radius 3 is 2.82 bits per heavy atom. The molecule has 0 amide bonds. The maximum Gasteiger partial charge on any atom is 0.0929 e. The number of hydrogen-bond donors (Lipinski definition) is 2. The van der Waals surface area contributed by atoms with Crippen molar-refractivity contribution >= 4 is 23.2 Å². The Balaban J connectivity index is 1.85. The Morgan fingerprint density at radius 1 is 1.47 bits per heavy atom. The third kappa shape index (κ3) is 3.59. The van der Waals surface area contributed by atoms with E-state index in [9.17, 15) is 5.11 Å². The predicted molar refractivity (Wildman–Crippen MR) is 71.6 cm³/mol. The minimum absolute atomic E-state index is 0.517. The fraction of sp³-hybridized carbons (Fsp3) is 0.538. The van der Waals surface area contributed by atoms with Gasteiger partial charge in [-0.3, -0.25) is 0 Å². The van der Waals surface area contributed by atoms with Crippen molar-refractivity contribution in [1.82, 2.24) is 5.32 Å². The Kier molecular flexibility index (Phi) is 4.31. The molecule has 17 heavy (non-hydrogen) atoms. The van der Waals surface area contributed by atoms with Gasteiger partial charge in [0, 0.05) is 22.2 Å². The first-order valence-electron chi connectivity index (χ1n) is 5.91. The van der Waals surface area contributed by atoms with E-state index in [1.54, 1.807) is 18.2 Å². The molecule has 0 spiro atoms. The Hall–Kier alpha value is -0.280. The van der Waals surface area contributed by atoms with E-state index in [1.807, 2.05) is 0 Å². The molecule has 94 valence electrons. The molecule has 1 aliphatic rings. The average Bonchev–Trinajstić information content (AvgIpc) is 2.98. The van der Waals surface area contributed by atoms with Crippen molar-refractivity contribution in [1.29, 1.82) is 0 Å². The zero-order valence-electron chi connectivity index (χ0n) is 9.79. The van der Waals surface area contributed by atoms with Crippen LogP contribution in [0.4, 0.5) is 0 Å². The lowest BCUT2D eigenvalue weighted by molar-refractivity contribution is 0.174. The van der Waals surface area contributed by atoms with Crippen molar-refractivity contribution < 1.29 is 5.11 Å². The summed E-state index contributed by atoms with van der Waals surface area (Å²) in [5, 5.41) is 14.4. The van der Waals surface area contributed by atoms with E-state index in [4.69, 9.17) is 23.2 Å². The summed E-state index contributed by atoms with van der Waals surface area (Å²) in [4.78, 5) is 0. The quantitative estimate of drug-likeness (QED) is 0.863. The van der Waals surface area contributed by atoms with Gasteiger partial charge in [-0.05, 0) is 43.0 Å². The lowest BCUT2D eigenvalue weighted by atomic mass is 10.1. The number of halogens is 2. The fourth-order valence-corrected chi connectivity index (χ4v) is 2.39. The average molecular weight is 274 g/mol. The number of aliphatic hydroxyl groups is 1. The molecular formula is C13H17Cl2NO. The van der Waals surface area contributed by atoms with Gasteiger partial charge in [0.1, 0.15) is 0 Å². The smallest absolute Gasteiger partial charge is 0.0929 e. The van der Waals surface area contributed by atoms with E-state index in [1.165, 1.54) is 6.42 Å². The van der Waals surface area contributed by atoms with Gasteiger partial charge in [-0.25, -0.2) is 0 Å². The van der Waals surface area contributed by atoms with E-state index in [0.717, 1.165) is 18.4 Å². The van der Waals surface area contributed by atoms with Crippen molar-refractivity contribution in [3.05, 3.63) is 33.8 Å². The molecule has 4 heteroatoms. The zero-order chi connectivity index (χ0) is 12.4. The molecule has 1 aromatic rings. The predicted octanol–water partition coefficient (Wildman–Crippen LogP) is 3.27. The molecule has 0 radical (unpaired) electrons. The number of hydrogen-bond acceptors (Lipinski definition) is 2. The SMILES string of the molecule is CC1CC1CNCC(O)c1cc(Cl)ccc1Cl. The normalized spacial score (nSPS) is 24.7. The highest BCUT2D eigenvalue weighted by Crippen LogP contribution is 2.36. The van der Waals surface area contributed by atoms with Gasteiger partial charge in [-0.2, -0.15) is 0 Å². The van der Waals surface area contributed by atoms with Crippen LogP contribution >= 0.6 is 23.2 Å². The van der Waals surface area contributed by atoms with E-state index >= 15 is 0 Å². The van der Waals surface area contributed by atoms with Gasteiger partial charge in [0.05, 0.1) is 6.10 Å². The summed E-state index contributed by atoms with van der Waals surface area (Å²) < 4.78 is 0. The van der Waals surface area contributed by atoms with Crippen LogP contribution < -0.4 is 5.32 Å². The van der Waals surface area contributed by atoms with E-state index in [2.05, 4.69) is 12.2 Å². The molecule has 1 fully saturated rings. The number of rotatable bonds is 5. The second-order valence-corrected chi connectivity index (χ2v) is 5.66. The lowest BCUT2D eigenvalue weighted by Gasteiger charge is -2.14. The second-order valence-electron chi connectivity index (χ2n) is 4.81. The minimum Gasteiger partial charge on any atom is -0.387 e. The molecule has 2 nitrogen and oxygen atoms in total. The van der Waals surface area contributed by atoms with Gasteiger partial charge in [0.15, 0.2) is 0 Å². The molecule has 1 aliphatic carbocycles. The molecule has 2 N–H and O–H groups in total. The van der Waals surface area contributed by atoms with E-state index in [-0.39, 0.29) is 0 Å². The molecule has 0 bridgehead atoms. The van der Waals surface area contributed by atoms with Gasteiger partial charge in [0.25, 0.3) is 0 Å². The molecule has 0 aromatic heterocycles. The fourth-order valence-electron chi connectivity index (χ4n) is 1.97. The summed E-state index contributed by atoms with van der Waals surface area (Å²) in [5.41, 5.74) is 0.690. The Bertz CT molecular complexity index is 397. The highest BCUT2D eigenvalue weighted by atomic mass is 35.5. The summed E-state index contributed by atoms with van der Waals surface area (Å²) in [5.74, 6) is 1.60. The molecule has 3 unspecified atom stereocenters. The van der Waals surface area contributed by atoms with Crippen LogP contribution in [0.25, 0.3) is 0 Å². The van der Waals surface area contributed by atoms with E-state index < -0.39 is 6.10 Å². The molecule has 1 aromatic carbocycles. The first-order valence-corrected chi connectivity index (χ1v) is 6.67. The van der Waals surface area contributed by atoms with Crippen molar-refractivity contribution in [2.45, 2.75) is 19.4 Å². The summed E-state index contributed by atoms with van der Waals surface area (Å²) >= 11 is 11.9. The molecule has 0 heterocycles. The van der Waals surface area contributed by atoms with Crippen molar-refractivity contribution in [2.24, 2.45) is 11.8 Å². The monoisotopic (exact) mass is 273 g/mol. The van der Waals surface area contributed by atoms with Gasteiger partial charge in [-0.1, -0.05) is 30.1 Å². The van der Waals surface area contributed by atoms with Gasteiger partial charge >= 0.3 is 0 Å².